The van der Waals surface area contributed by atoms with E-state index in [0.29, 0.717) is 0 Å². The van der Waals surface area contributed by atoms with Gasteiger partial charge in [-0.25, -0.2) is 4.39 Å². The van der Waals surface area contributed by atoms with Crippen molar-refractivity contribution in [1.82, 2.24) is 10.2 Å². The highest BCUT2D eigenvalue weighted by Gasteiger charge is 2.00. The van der Waals surface area contributed by atoms with Crippen molar-refractivity contribution in [3.8, 4) is 0 Å². The zero-order chi connectivity index (χ0) is 11.8. The van der Waals surface area contributed by atoms with Gasteiger partial charge in [-0.3, -0.25) is 0 Å². The van der Waals surface area contributed by atoms with Gasteiger partial charge < -0.3 is 10.2 Å². The van der Waals surface area contributed by atoms with Crippen molar-refractivity contribution >= 4 is 0 Å². The lowest BCUT2D eigenvalue weighted by Gasteiger charge is -2.16. The maximum Gasteiger partial charge on any atom is 0.123 e. The van der Waals surface area contributed by atoms with E-state index < -0.39 is 0 Å². The average molecular weight is 222 g/mol. The van der Waals surface area contributed by atoms with E-state index in [-0.39, 0.29) is 5.82 Å². The molecule has 0 saturated heterocycles. The molecule has 0 radical (unpaired) electrons. The summed E-state index contributed by atoms with van der Waals surface area (Å²) in [7, 11) is 2.03. The summed E-state index contributed by atoms with van der Waals surface area (Å²) < 4.78 is 12.9. The number of likely N-dealkylation sites (N-methyl/N-ethyl adjacent to an activating group) is 1. The second-order valence-corrected chi connectivity index (χ2v) is 3.86. The van der Waals surface area contributed by atoms with E-state index in [4.69, 9.17) is 0 Å². The Kier molecular flexibility index (Phi) is 5.75. The van der Waals surface area contributed by atoms with E-state index in [1.54, 1.807) is 12.1 Å². The first-order valence-electron chi connectivity index (χ1n) is 5.47. The monoisotopic (exact) mass is 222 g/mol. The van der Waals surface area contributed by atoms with Crippen molar-refractivity contribution in [1.29, 1.82) is 0 Å². The maximum atomic E-state index is 12.9. The molecule has 0 aliphatic rings. The third-order valence-corrected chi connectivity index (χ3v) is 2.30. The van der Waals surface area contributed by atoms with Crippen LogP contribution in [0.5, 0.6) is 0 Å². The molecule has 0 aromatic heterocycles. The molecule has 0 saturated carbocycles. The fourth-order valence-corrected chi connectivity index (χ4v) is 1.50. The molecule has 88 valence electrons. The Hall–Kier alpha value is -1.19. The van der Waals surface area contributed by atoms with Gasteiger partial charge >= 0.3 is 0 Å². The minimum Gasteiger partial charge on any atom is -0.312 e. The lowest BCUT2D eigenvalue weighted by atomic mass is 10.2. The summed E-state index contributed by atoms with van der Waals surface area (Å²) in [4.78, 5) is 2.16. The van der Waals surface area contributed by atoms with Crippen LogP contribution in [0.15, 0.2) is 36.9 Å². The van der Waals surface area contributed by atoms with Crippen molar-refractivity contribution in [2.75, 3.05) is 26.7 Å². The molecule has 0 amide bonds. The molecule has 0 unspecified atom stereocenters. The third-order valence-electron chi connectivity index (χ3n) is 2.30. The van der Waals surface area contributed by atoms with Gasteiger partial charge in [0.2, 0.25) is 0 Å². The van der Waals surface area contributed by atoms with Crippen molar-refractivity contribution in [3.05, 3.63) is 48.3 Å². The summed E-state index contributed by atoms with van der Waals surface area (Å²) in [6.07, 6.45) is 1.84. The second-order valence-electron chi connectivity index (χ2n) is 3.86. The molecule has 1 aromatic rings. The molecule has 0 bridgehead atoms. The van der Waals surface area contributed by atoms with Crippen molar-refractivity contribution < 1.29 is 4.39 Å². The minimum atomic E-state index is -0.171. The molecule has 1 N–H and O–H groups in total. The number of rotatable bonds is 7. The van der Waals surface area contributed by atoms with Crippen LogP contribution in [0.4, 0.5) is 4.39 Å². The maximum absolute atomic E-state index is 12.9. The van der Waals surface area contributed by atoms with Crippen LogP contribution in [-0.2, 0) is 6.54 Å². The van der Waals surface area contributed by atoms with Crippen LogP contribution < -0.4 is 5.32 Å². The summed E-state index contributed by atoms with van der Waals surface area (Å²) in [5, 5.41) is 3.23. The van der Waals surface area contributed by atoms with Crippen LogP contribution in [-0.4, -0.2) is 31.6 Å². The lowest BCUT2D eigenvalue weighted by Crippen LogP contribution is -2.28. The highest BCUT2D eigenvalue weighted by molar-refractivity contribution is 5.15. The van der Waals surface area contributed by atoms with Crippen LogP contribution in [0, 0.1) is 5.82 Å². The Morgan fingerprint density at radius 1 is 1.50 bits per heavy atom. The molecule has 3 heteroatoms. The highest BCUT2D eigenvalue weighted by atomic mass is 19.1. The fourth-order valence-electron chi connectivity index (χ4n) is 1.50. The Balaban J connectivity index is 2.28. The van der Waals surface area contributed by atoms with Gasteiger partial charge in [-0.05, 0) is 24.7 Å². The van der Waals surface area contributed by atoms with Gasteiger partial charge in [0, 0.05) is 26.2 Å². The zero-order valence-electron chi connectivity index (χ0n) is 9.75. The first-order valence-corrected chi connectivity index (χ1v) is 5.47. The largest absolute Gasteiger partial charge is 0.312 e. The number of nitrogens with zero attached hydrogens (tertiary/aromatic N) is 1. The van der Waals surface area contributed by atoms with Gasteiger partial charge in [0.15, 0.2) is 0 Å². The van der Waals surface area contributed by atoms with Crippen LogP contribution in [0.3, 0.4) is 0 Å². The first kappa shape index (κ1) is 12.9. The third kappa shape index (κ3) is 5.05. The molecule has 16 heavy (non-hydrogen) atoms. The molecule has 0 spiro atoms. The SMILES string of the molecule is C=CCNCCN(C)Cc1cccc(F)c1. The molecule has 0 aliphatic carbocycles. The Morgan fingerprint density at radius 3 is 3.00 bits per heavy atom. The van der Waals surface area contributed by atoms with Crippen LogP contribution in [0.2, 0.25) is 0 Å². The van der Waals surface area contributed by atoms with Crippen LogP contribution >= 0.6 is 0 Å². The topological polar surface area (TPSA) is 15.3 Å². The summed E-state index contributed by atoms with van der Waals surface area (Å²) in [5.41, 5.74) is 1.01. The first-order chi connectivity index (χ1) is 7.72. The molecule has 2 nitrogen and oxygen atoms in total. The number of hydrogen-bond donors (Lipinski definition) is 1. The summed E-state index contributed by atoms with van der Waals surface area (Å²) in [6.45, 7) is 7.08. The lowest BCUT2D eigenvalue weighted by molar-refractivity contribution is 0.326. The van der Waals surface area contributed by atoms with Crippen LogP contribution in [0.1, 0.15) is 5.56 Å². The van der Waals surface area contributed by atoms with Gasteiger partial charge in [0.25, 0.3) is 0 Å². The standard InChI is InChI=1S/C13H19FN2/c1-3-7-15-8-9-16(2)11-12-5-4-6-13(14)10-12/h3-6,10,15H,1,7-9,11H2,2H3. The molecular weight excluding hydrogens is 203 g/mol. The minimum absolute atomic E-state index is 0.171. The van der Waals surface area contributed by atoms with E-state index in [9.17, 15) is 4.39 Å². The number of nitrogens with one attached hydrogen (secondary N) is 1. The van der Waals surface area contributed by atoms with Gasteiger partial charge in [-0.1, -0.05) is 18.2 Å². The van der Waals surface area contributed by atoms with Crippen LogP contribution in [0.25, 0.3) is 0 Å². The molecule has 0 fully saturated rings. The Morgan fingerprint density at radius 2 is 2.31 bits per heavy atom. The summed E-state index contributed by atoms with van der Waals surface area (Å²) >= 11 is 0. The molecule has 0 heterocycles. The van der Waals surface area contributed by atoms with Crippen molar-refractivity contribution in [2.24, 2.45) is 0 Å². The highest BCUT2D eigenvalue weighted by Crippen LogP contribution is 2.05. The van der Waals surface area contributed by atoms with Gasteiger partial charge in [0.05, 0.1) is 0 Å². The van der Waals surface area contributed by atoms with Gasteiger partial charge in [0.1, 0.15) is 5.82 Å². The van der Waals surface area contributed by atoms with Crippen molar-refractivity contribution in [3.63, 3.8) is 0 Å². The van der Waals surface area contributed by atoms with Crippen molar-refractivity contribution in [2.45, 2.75) is 6.54 Å². The van der Waals surface area contributed by atoms with E-state index in [1.807, 2.05) is 19.2 Å². The number of benzene rings is 1. The molecule has 1 rings (SSSR count). The van der Waals surface area contributed by atoms with E-state index >= 15 is 0 Å². The second kappa shape index (κ2) is 7.14. The smallest absolute Gasteiger partial charge is 0.123 e. The number of halogens is 1. The number of hydrogen-bond acceptors (Lipinski definition) is 2. The van der Waals surface area contributed by atoms with Gasteiger partial charge in [-0.15, -0.1) is 6.58 Å². The predicted octanol–water partition coefficient (Wildman–Crippen LogP) is 2.03. The van der Waals surface area contributed by atoms with E-state index in [0.717, 1.165) is 31.7 Å². The average Bonchev–Trinajstić information content (AvgIpc) is 2.24. The Bertz CT molecular complexity index is 325. The Labute approximate surface area is 96.8 Å². The summed E-state index contributed by atoms with van der Waals surface area (Å²) in [5.74, 6) is -0.171. The molecule has 1 aromatic carbocycles. The molecule has 0 aliphatic heterocycles. The van der Waals surface area contributed by atoms with E-state index in [2.05, 4.69) is 16.8 Å². The normalized spacial score (nSPS) is 10.7. The fraction of sp³-hybridized carbons (Fsp3) is 0.385. The quantitative estimate of drug-likeness (QED) is 0.561. The van der Waals surface area contributed by atoms with E-state index in [1.165, 1.54) is 6.07 Å². The zero-order valence-corrected chi connectivity index (χ0v) is 9.75. The molecule has 0 atom stereocenters. The predicted molar refractivity (Wildman–Crippen MR) is 65.8 cm³/mol. The van der Waals surface area contributed by atoms with Gasteiger partial charge in [-0.2, -0.15) is 0 Å². The summed E-state index contributed by atoms with van der Waals surface area (Å²) in [6, 6.07) is 6.73. The molecular formula is C13H19FN2.